The lowest BCUT2D eigenvalue weighted by atomic mass is 10.3. The molecule has 1 atom stereocenters. The molecular formula is C4H9N5. The van der Waals surface area contributed by atoms with Crippen molar-refractivity contribution < 1.29 is 0 Å². The van der Waals surface area contributed by atoms with Crippen molar-refractivity contribution in [3.63, 3.8) is 0 Å². The van der Waals surface area contributed by atoms with Gasteiger partial charge in [0, 0.05) is 7.05 Å². The standard InChI is InChI=1S/C4H9N5/c1-3(5)4-6-7-8-9(4)2/h3H,5H2,1-2H3/t3-/m1/s1. The lowest BCUT2D eigenvalue weighted by molar-refractivity contribution is 0.632. The van der Waals surface area contributed by atoms with Crippen LogP contribution in [0.25, 0.3) is 0 Å². The lowest BCUT2D eigenvalue weighted by Crippen LogP contribution is -2.11. The number of rotatable bonds is 1. The average molecular weight is 127 g/mol. The molecule has 0 saturated heterocycles. The minimum atomic E-state index is -0.0926. The van der Waals surface area contributed by atoms with E-state index < -0.39 is 0 Å². The van der Waals surface area contributed by atoms with Crippen LogP contribution in [0.1, 0.15) is 18.8 Å². The molecule has 2 N–H and O–H groups in total. The van der Waals surface area contributed by atoms with Crippen molar-refractivity contribution in [2.24, 2.45) is 12.8 Å². The van der Waals surface area contributed by atoms with Gasteiger partial charge in [0.15, 0.2) is 5.82 Å². The Morgan fingerprint density at radius 1 is 1.67 bits per heavy atom. The van der Waals surface area contributed by atoms with Gasteiger partial charge >= 0.3 is 0 Å². The Hall–Kier alpha value is -0.970. The highest BCUT2D eigenvalue weighted by atomic mass is 15.5. The summed E-state index contributed by atoms with van der Waals surface area (Å²) in [7, 11) is 1.76. The molecule has 5 heteroatoms. The number of hydrogen-bond acceptors (Lipinski definition) is 4. The first kappa shape index (κ1) is 6.15. The van der Waals surface area contributed by atoms with Crippen LogP contribution in [0.2, 0.25) is 0 Å². The molecule has 0 radical (unpaired) electrons. The molecule has 0 unspecified atom stereocenters. The highest BCUT2D eigenvalue weighted by Crippen LogP contribution is 1.99. The van der Waals surface area contributed by atoms with Crippen LogP contribution in [-0.2, 0) is 7.05 Å². The molecule has 0 saturated carbocycles. The Balaban J connectivity index is 2.94. The maximum atomic E-state index is 5.50. The molecule has 0 amide bonds. The molecule has 0 bridgehead atoms. The monoisotopic (exact) mass is 127 g/mol. The Bertz CT molecular complexity index is 191. The van der Waals surface area contributed by atoms with Gasteiger partial charge in [0.05, 0.1) is 6.04 Å². The molecular weight excluding hydrogens is 118 g/mol. The third kappa shape index (κ3) is 1.05. The zero-order valence-electron chi connectivity index (χ0n) is 5.44. The van der Waals surface area contributed by atoms with E-state index in [-0.39, 0.29) is 6.04 Å². The van der Waals surface area contributed by atoms with Crippen molar-refractivity contribution in [3.8, 4) is 0 Å². The predicted octanol–water partition coefficient (Wildman–Crippen LogP) is -0.770. The summed E-state index contributed by atoms with van der Waals surface area (Å²) in [4.78, 5) is 0. The summed E-state index contributed by atoms with van der Waals surface area (Å²) >= 11 is 0. The Labute approximate surface area is 52.8 Å². The highest BCUT2D eigenvalue weighted by Gasteiger charge is 2.05. The summed E-state index contributed by atoms with van der Waals surface area (Å²) in [5.74, 6) is 0.704. The van der Waals surface area contributed by atoms with E-state index in [0.29, 0.717) is 5.82 Å². The van der Waals surface area contributed by atoms with E-state index in [4.69, 9.17) is 5.73 Å². The molecule has 1 aromatic rings. The number of aryl methyl sites for hydroxylation is 1. The second-order valence-corrected chi connectivity index (χ2v) is 1.95. The molecule has 0 fully saturated rings. The van der Waals surface area contributed by atoms with Crippen molar-refractivity contribution in [1.29, 1.82) is 0 Å². The average Bonchev–Trinajstić information content (AvgIpc) is 2.13. The summed E-state index contributed by atoms with van der Waals surface area (Å²) in [6, 6.07) is -0.0926. The van der Waals surface area contributed by atoms with Crippen molar-refractivity contribution in [2.45, 2.75) is 13.0 Å². The van der Waals surface area contributed by atoms with Crippen molar-refractivity contribution >= 4 is 0 Å². The number of aromatic nitrogens is 4. The quantitative estimate of drug-likeness (QED) is 0.537. The molecule has 0 spiro atoms. The van der Waals surface area contributed by atoms with E-state index in [2.05, 4.69) is 15.5 Å². The van der Waals surface area contributed by atoms with Crippen LogP contribution in [0.15, 0.2) is 0 Å². The maximum absolute atomic E-state index is 5.50. The van der Waals surface area contributed by atoms with Gasteiger partial charge in [0.25, 0.3) is 0 Å². The SMILES string of the molecule is C[C@@H](N)c1nnnn1C. The predicted molar refractivity (Wildman–Crippen MR) is 31.4 cm³/mol. The minimum Gasteiger partial charge on any atom is -0.322 e. The van der Waals surface area contributed by atoms with Gasteiger partial charge in [-0.1, -0.05) is 0 Å². The second kappa shape index (κ2) is 2.10. The highest BCUT2D eigenvalue weighted by molar-refractivity contribution is 4.85. The molecule has 1 rings (SSSR count). The Morgan fingerprint density at radius 2 is 2.33 bits per heavy atom. The fraction of sp³-hybridized carbons (Fsp3) is 0.750. The van der Waals surface area contributed by atoms with Crippen molar-refractivity contribution in [1.82, 2.24) is 20.2 Å². The van der Waals surface area contributed by atoms with Crippen LogP contribution in [0.3, 0.4) is 0 Å². The largest absolute Gasteiger partial charge is 0.322 e. The number of tetrazole rings is 1. The van der Waals surface area contributed by atoms with E-state index in [1.54, 1.807) is 11.7 Å². The minimum absolute atomic E-state index is 0.0926. The summed E-state index contributed by atoms with van der Waals surface area (Å²) in [6.07, 6.45) is 0. The zero-order valence-corrected chi connectivity index (χ0v) is 5.44. The first-order valence-corrected chi connectivity index (χ1v) is 2.69. The van der Waals surface area contributed by atoms with Gasteiger partial charge in [-0.3, -0.25) is 0 Å². The van der Waals surface area contributed by atoms with E-state index in [1.807, 2.05) is 6.92 Å². The molecule has 50 valence electrons. The molecule has 0 aliphatic rings. The number of nitrogens with zero attached hydrogens (tertiary/aromatic N) is 4. The van der Waals surface area contributed by atoms with Gasteiger partial charge in [-0.05, 0) is 17.4 Å². The Morgan fingerprint density at radius 3 is 2.56 bits per heavy atom. The number of hydrogen-bond donors (Lipinski definition) is 1. The first-order chi connectivity index (χ1) is 4.22. The van der Waals surface area contributed by atoms with Crippen molar-refractivity contribution in [3.05, 3.63) is 5.82 Å². The van der Waals surface area contributed by atoms with Crippen LogP contribution >= 0.6 is 0 Å². The molecule has 1 aromatic heterocycles. The van der Waals surface area contributed by atoms with Gasteiger partial charge in [0.1, 0.15) is 0 Å². The normalized spacial score (nSPS) is 13.7. The van der Waals surface area contributed by atoms with Gasteiger partial charge in [-0.2, -0.15) is 0 Å². The Kier molecular flexibility index (Phi) is 1.44. The first-order valence-electron chi connectivity index (χ1n) is 2.69. The third-order valence-electron chi connectivity index (χ3n) is 1.06. The molecule has 0 aliphatic heterocycles. The summed E-state index contributed by atoms with van der Waals surface area (Å²) in [5, 5.41) is 10.7. The molecule has 9 heavy (non-hydrogen) atoms. The molecule has 1 heterocycles. The van der Waals surface area contributed by atoms with E-state index in [0.717, 1.165) is 0 Å². The van der Waals surface area contributed by atoms with E-state index in [1.165, 1.54) is 0 Å². The van der Waals surface area contributed by atoms with Gasteiger partial charge < -0.3 is 5.73 Å². The smallest absolute Gasteiger partial charge is 0.167 e. The van der Waals surface area contributed by atoms with Crippen molar-refractivity contribution in [2.75, 3.05) is 0 Å². The fourth-order valence-electron chi connectivity index (χ4n) is 0.622. The van der Waals surface area contributed by atoms with Crippen LogP contribution in [0, 0.1) is 0 Å². The maximum Gasteiger partial charge on any atom is 0.167 e. The van der Waals surface area contributed by atoms with Gasteiger partial charge in [-0.25, -0.2) is 4.68 Å². The van der Waals surface area contributed by atoms with Crippen LogP contribution in [-0.4, -0.2) is 20.2 Å². The van der Waals surface area contributed by atoms with Crippen LogP contribution < -0.4 is 5.73 Å². The summed E-state index contributed by atoms with van der Waals surface area (Å²) in [5.41, 5.74) is 5.50. The topological polar surface area (TPSA) is 69.6 Å². The van der Waals surface area contributed by atoms with E-state index in [9.17, 15) is 0 Å². The summed E-state index contributed by atoms with van der Waals surface area (Å²) < 4.78 is 1.56. The van der Waals surface area contributed by atoms with Crippen LogP contribution in [0.4, 0.5) is 0 Å². The van der Waals surface area contributed by atoms with Gasteiger partial charge in [0.2, 0.25) is 0 Å². The molecule has 5 nitrogen and oxygen atoms in total. The lowest BCUT2D eigenvalue weighted by Gasteiger charge is -1.99. The molecule has 0 aliphatic carbocycles. The zero-order chi connectivity index (χ0) is 6.85. The summed E-state index contributed by atoms with van der Waals surface area (Å²) in [6.45, 7) is 1.84. The van der Waals surface area contributed by atoms with E-state index >= 15 is 0 Å². The molecule has 0 aromatic carbocycles. The third-order valence-corrected chi connectivity index (χ3v) is 1.06. The number of nitrogens with two attached hydrogens (primary N) is 1. The van der Waals surface area contributed by atoms with Gasteiger partial charge in [-0.15, -0.1) is 5.10 Å². The van der Waals surface area contributed by atoms with Crippen LogP contribution in [0.5, 0.6) is 0 Å². The fourth-order valence-corrected chi connectivity index (χ4v) is 0.622. The second-order valence-electron chi connectivity index (χ2n) is 1.95.